The predicted octanol–water partition coefficient (Wildman–Crippen LogP) is 0.194. The van der Waals surface area contributed by atoms with Crippen LogP contribution in [-0.2, 0) is 4.74 Å². The van der Waals surface area contributed by atoms with Crippen LogP contribution in [0, 0.1) is 5.92 Å². The average molecular weight is 115 g/mol. The molecule has 48 valence electrons. The van der Waals surface area contributed by atoms with Crippen LogP contribution in [0.15, 0.2) is 0 Å². The molecule has 0 N–H and O–H groups in total. The Labute approximate surface area is 50.4 Å². The quantitative estimate of drug-likeness (QED) is 0.509. The lowest BCUT2D eigenvalue weighted by molar-refractivity contribution is 0.0516. The summed E-state index contributed by atoms with van der Waals surface area (Å²) >= 11 is 0. The summed E-state index contributed by atoms with van der Waals surface area (Å²) in [5.74, 6) is 0.810. The van der Waals surface area contributed by atoms with Crippen LogP contribution in [0.25, 0.3) is 0 Å². The van der Waals surface area contributed by atoms with E-state index in [0.29, 0.717) is 0 Å². The van der Waals surface area contributed by atoms with Gasteiger partial charge in [-0.05, 0) is 7.05 Å². The highest BCUT2D eigenvalue weighted by Gasteiger charge is 2.21. The molecular formula is C6H13NO. The van der Waals surface area contributed by atoms with Crippen molar-refractivity contribution in [2.75, 3.05) is 33.9 Å². The van der Waals surface area contributed by atoms with Crippen molar-refractivity contribution in [2.24, 2.45) is 5.92 Å². The van der Waals surface area contributed by atoms with E-state index in [2.05, 4.69) is 11.9 Å². The van der Waals surface area contributed by atoms with Crippen LogP contribution >= 0.6 is 0 Å². The van der Waals surface area contributed by atoms with Crippen molar-refractivity contribution in [2.45, 2.75) is 0 Å². The number of methoxy groups -OCH3 is 1. The Hall–Kier alpha value is -0.0800. The van der Waals surface area contributed by atoms with Gasteiger partial charge in [0.05, 0.1) is 6.61 Å². The first-order valence-corrected chi connectivity index (χ1v) is 3.00. The van der Waals surface area contributed by atoms with Crippen molar-refractivity contribution in [1.82, 2.24) is 4.90 Å². The Morgan fingerprint density at radius 2 is 2.25 bits per heavy atom. The van der Waals surface area contributed by atoms with Gasteiger partial charge in [-0.1, -0.05) is 0 Å². The van der Waals surface area contributed by atoms with E-state index in [9.17, 15) is 0 Å². The molecular weight excluding hydrogens is 102 g/mol. The van der Waals surface area contributed by atoms with Crippen molar-refractivity contribution in [1.29, 1.82) is 0 Å². The van der Waals surface area contributed by atoms with Crippen LogP contribution in [0.3, 0.4) is 0 Å². The molecule has 0 bridgehead atoms. The molecule has 0 aromatic heterocycles. The fourth-order valence-corrected chi connectivity index (χ4v) is 1.17. The van der Waals surface area contributed by atoms with Crippen LogP contribution in [-0.4, -0.2) is 38.8 Å². The van der Waals surface area contributed by atoms with Gasteiger partial charge in [0.2, 0.25) is 0 Å². The molecule has 1 aliphatic heterocycles. The van der Waals surface area contributed by atoms with E-state index in [1.165, 1.54) is 13.1 Å². The monoisotopic (exact) mass is 115 g/mol. The highest BCUT2D eigenvalue weighted by atomic mass is 16.5. The lowest BCUT2D eigenvalue weighted by Crippen LogP contribution is -2.45. The minimum atomic E-state index is 0.810. The first-order chi connectivity index (χ1) is 3.83. The maximum absolute atomic E-state index is 4.97. The van der Waals surface area contributed by atoms with Crippen LogP contribution in [0.1, 0.15) is 0 Å². The molecule has 1 fully saturated rings. The molecule has 0 unspecified atom stereocenters. The maximum Gasteiger partial charge on any atom is 0.0515 e. The van der Waals surface area contributed by atoms with Crippen molar-refractivity contribution in [3.05, 3.63) is 0 Å². The number of ether oxygens (including phenoxy) is 1. The fourth-order valence-electron chi connectivity index (χ4n) is 1.17. The van der Waals surface area contributed by atoms with Crippen LogP contribution in [0.4, 0.5) is 0 Å². The summed E-state index contributed by atoms with van der Waals surface area (Å²) in [6.07, 6.45) is 0. The van der Waals surface area contributed by atoms with Gasteiger partial charge in [-0.2, -0.15) is 0 Å². The number of hydrogen-bond acceptors (Lipinski definition) is 2. The van der Waals surface area contributed by atoms with Crippen molar-refractivity contribution in [3.63, 3.8) is 0 Å². The highest BCUT2D eigenvalue weighted by Crippen LogP contribution is 2.11. The minimum absolute atomic E-state index is 0.810. The molecule has 0 aliphatic carbocycles. The van der Waals surface area contributed by atoms with Crippen LogP contribution in [0.5, 0.6) is 0 Å². The van der Waals surface area contributed by atoms with Crippen molar-refractivity contribution >= 4 is 0 Å². The molecule has 1 saturated heterocycles. The summed E-state index contributed by atoms with van der Waals surface area (Å²) in [6.45, 7) is 3.37. The van der Waals surface area contributed by atoms with Crippen molar-refractivity contribution < 1.29 is 4.74 Å². The van der Waals surface area contributed by atoms with Gasteiger partial charge in [0.25, 0.3) is 0 Å². The highest BCUT2D eigenvalue weighted by molar-refractivity contribution is 4.75. The molecule has 1 rings (SSSR count). The zero-order chi connectivity index (χ0) is 5.98. The standard InChI is InChI=1S/C6H13NO/c1-7-3-6(4-7)5-8-2/h6H,3-5H2,1-2H3. The Bertz CT molecular complexity index is 66.2. The first kappa shape index (κ1) is 6.05. The smallest absolute Gasteiger partial charge is 0.0515 e. The lowest BCUT2D eigenvalue weighted by Gasteiger charge is -2.35. The Balaban J connectivity index is 1.98. The van der Waals surface area contributed by atoms with E-state index in [4.69, 9.17) is 4.74 Å². The molecule has 0 aromatic rings. The Morgan fingerprint density at radius 3 is 2.62 bits per heavy atom. The molecule has 0 spiro atoms. The van der Waals surface area contributed by atoms with Gasteiger partial charge in [0.15, 0.2) is 0 Å². The maximum atomic E-state index is 4.97. The SMILES string of the molecule is COCC1CN(C)C1. The van der Waals surface area contributed by atoms with Gasteiger partial charge >= 0.3 is 0 Å². The molecule has 0 aromatic carbocycles. The Morgan fingerprint density at radius 1 is 1.62 bits per heavy atom. The number of likely N-dealkylation sites (tertiary alicyclic amines) is 1. The predicted molar refractivity (Wildman–Crippen MR) is 32.9 cm³/mol. The van der Waals surface area contributed by atoms with E-state index in [0.717, 1.165) is 12.5 Å². The summed E-state index contributed by atoms with van der Waals surface area (Å²) in [5, 5.41) is 0. The molecule has 2 nitrogen and oxygen atoms in total. The normalized spacial score (nSPS) is 23.2. The third-order valence-corrected chi connectivity index (χ3v) is 1.54. The van der Waals surface area contributed by atoms with E-state index >= 15 is 0 Å². The molecule has 1 heterocycles. The summed E-state index contributed by atoms with van der Waals surface area (Å²) in [4.78, 5) is 2.30. The third kappa shape index (κ3) is 1.20. The topological polar surface area (TPSA) is 12.5 Å². The van der Waals surface area contributed by atoms with Crippen molar-refractivity contribution in [3.8, 4) is 0 Å². The molecule has 0 radical (unpaired) electrons. The van der Waals surface area contributed by atoms with Gasteiger partial charge in [0, 0.05) is 26.1 Å². The van der Waals surface area contributed by atoms with Crippen LogP contribution in [0.2, 0.25) is 0 Å². The van der Waals surface area contributed by atoms with Gasteiger partial charge in [-0.25, -0.2) is 0 Å². The molecule has 2 heteroatoms. The zero-order valence-electron chi connectivity index (χ0n) is 5.55. The van der Waals surface area contributed by atoms with E-state index in [1.807, 2.05) is 0 Å². The first-order valence-electron chi connectivity index (χ1n) is 3.00. The van der Waals surface area contributed by atoms with Gasteiger partial charge in [0.1, 0.15) is 0 Å². The average Bonchev–Trinajstić information content (AvgIpc) is 1.64. The van der Waals surface area contributed by atoms with E-state index in [1.54, 1.807) is 7.11 Å². The minimum Gasteiger partial charge on any atom is -0.384 e. The fraction of sp³-hybridized carbons (Fsp3) is 1.00. The molecule has 1 aliphatic rings. The summed E-state index contributed by atoms with van der Waals surface area (Å²) in [6, 6.07) is 0. The second-order valence-corrected chi connectivity index (χ2v) is 2.54. The number of rotatable bonds is 2. The zero-order valence-corrected chi connectivity index (χ0v) is 5.55. The van der Waals surface area contributed by atoms with E-state index in [-0.39, 0.29) is 0 Å². The number of hydrogen-bond donors (Lipinski definition) is 0. The Kier molecular flexibility index (Phi) is 1.86. The largest absolute Gasteiger partial charge is 0.384 e. The molecule has 0 atom stereocenters. The van der Waals surface area contributed by atoms with E-state index < -0.39 is 0 Å². The molecule has 0 amide bonds. The number of nitrogens with zero attached hydrogens (tertiary/aromatic N) is 1. The lowest BCUT2D eigenvalue weighted by atomic mass is 10.0. The second kappa shape index (κ2) is 2.46. The van der Waals surface area contributed by atoms with Gasteiger partial charge < -0.3 is 9.64 Å². The third-order valence-electron chi connectivity index (χ3n) is 1.54. The molecule has 0 saturated carbocycles. The van der Waals surface area contributed by atoms with Crippen LogP contribution < -0.4 is 0 Å². The van der Waals surface area contributed by atoms with Gasteiger partial charge in [-0.15, -0.1) is 0 Å². The summed E-state index contributed by atoms with van der Waals surface area (Å²) < 4.78 is 4.97. The second-order valence-electron chi connectivity index (χ2n) is 2.54. The summed E-state index contributed by atoms with van der Waals surface area (Å²) in [5.41, 5.74) is 0. The molecule has 8 heavy (non-hydrogen) atoms. The summed E-state index contributed by atoms with van der Waals surface area (Å²) in [7, 11) is 3.89. The van der Waals surface area contributed by atoms with Gasteiger partial charge in [-0.3, -0.25) is 0 Å².